The van der Waals surface area contributed by atoms with Crippen LogP contribution in [-0.2, 0) is 4.79 Å². The van der Waals surface area contributed by atoms with E-state index in [1.165, 1.54) is 0 Å². The topological polar surface area (TPSA) is 74.0 Å². The molecule has 22 heavy (non-hydrogen) atoms. The van der Waals surface area contributed by atoms with Gasteiger partial charge in [-0.3, -0.25) is 0 Å². The highest BCUT2D eigenvalue weighted by atomic mass is 16.4. The van der Waals surface area contributed by atoms with E-state index >= 15 is 0 Å². The minimum Gasteiger partial charge on any atom is -0.476 e. The second-order valence-corrected chi connectivity index (χ2v) is 5.40. The summed E-state index contributed by atoms with van der Waals surface area (Å²) in [6.45, 7) is 2.00. The molecule has 0 amide bonds. The molecule has 0 radical (unpaired) electrons. The fourth-order valence-corrected chi connectivity index (χ4v) is 3.02. The normalized spacial score (nSPS) is 18.8. The molecular weight excluding hydrogens is 278 g/mol. The molecule has 0 fully saturated rings. The first-order valence-electron chi connectivity index (χ1n) is 7.03. The summed E-state index contributed by atoms with van der Waals surface area (Å²) in [4.78, 5) is 11.5. The van der Waals surface area contributed by atoms with Gasteiger partial charge in [0, 0.05) is 23.0 Å². The van der Waals surface area contributed by atoms with Gasteiger partial charge in [0.2, 0.25) is 0 Å². The second-order valence-electron chi connectivity index (χ2n) is 5.40. The van der Waals surface area contributed by atoms with Crippen LogP contribution in [0.25, 0.3) is 5.57 Å². The van der Waals surface area contributed by atoms with Crippen molar-refractivity contribution in [3.05, 3.63) is 64.5 Å². The predicted molar refractivity (Wildman–Crippen MR) is 84.6 cm³/mol. The highest BCUT2D eigenvalue weighted by Gasteiger charge is 2.37. The van der Waals surface area contributed by atoms with Crippen molar-refractivity contribution >= 4 is 23.0 Å². The molecule has 0 saturated heterocycles. The number of carboxylic acids is 1. The summed E-state index contributed by atoms with van der Waals surface area (Å²) in [5, 5.41) is 20.6. The molecule has 0 bridgehead atoms. The maximum absolute atomic E-state index is 11.5. The van der Waals surface area contributed by atoms with Crippen molar-refractivity contribution < 1.29 is 9.90 Å². The number of nitrogens with zero attached hydrogens (tertiary/aromatic N) is 2. The number of benzene rings is 1. The van der Waals surface area contributed by atoms with E-state index in [-0.39, 0.29) is 5.71 Å². The maximum atomic E-state index is 11.5. The summed E-state index contributed by atoms with van der Waals surface area (Å²) in [5.41, 5.74) is 6.34. The molecule has 0 atom stereocenters. The number of nitrogens with one attached hydrogen (secondary N) is 1. The molecule has 3 aliphatic rings. The van der Waals surface area contributed by atoms with Gasteiger partial charge in [-0.1, -0.05) is 30.3 Å². The molecule has 5 heteroatoms. The average molecular weight is 291 g/mol. The molecule has 2 N–H and O–H groups in total. The SMILES string of the molecule is CC1=CCC(C2=C3C(C(=O)O)=NN=C3c3ccccc32)=CN1. The molecule has 2 aliphatic heterocycles. The summed E-state index contributed by atoms with van der Waals surface area (Å²) in [5.74, 6) is -1.05. The second kappa shape index (κ2) is 4.53. The molecule has 5 nitrogen and oxygen atoms in total. The Kier molecular flexibility index (Phi) is 2.63. The summed E-state index contributed by atoms with van der Waals surface area (Å²) in [6.07, 6.45) is 4.79. The van der Waals surface area contributed by atoms with Crippen LogP contribution in [0.15, 0.2) is 63.6 Å². The zero-order chi connectivity index (χ0) is 15.3. The lowest BCUT2D eigenvalue weighted by Gasteiger charge is -2.16. The van der Waals surface area contributed by atoms with Gasteiger partial charge in [0.1, 0.15) is 5.71 Å². The van der Waals surface area contributed by atoms with Crippen molar-refractivity contribution in [3.63, 3.8) is 0 Å². The largest absolute Gasteiger partial charge is 0.476 e. The van der Waals surface area contributed by atoms with Gasteiger partial charge < -0.3 is 10.4 Å². The van der Waals surface area contributed by atoms with Gasteiger partial charge in [-0.15, -0.1) is 10.2 Å². The van der Waals surface area contributed by atoms with Crippen molar-refractivity contribution in [1.82, 2.24) is 5.32 Å². The van der Waals surface area contributed by atoms with Crippen LogP contribution in [0.1, 0.15) is 24.5 Å². The van der Waals surface area contributed by atoms with Crippen LogP contribution in [0, 0.1) is 0 Å². The molecule has 4 rings (SSSR count). The lowest BCUT2D eigenvalue weighted by atomic mass is 9.93. The van der Waals surface area contributed by atoms with E-state index in [1.807, 2.05) is 37.4 Å². The number of allylic oxidation sites excluding steroid dienone is 4. The van der Waals surface area contributed by atoms with Crippen LogP contribution in [-0.4, -0.2) is 22.5 Å². The molecule has 0 spiro atoms. The fourth-order valence-electron chi connectivity index (χ4n) is 3.02. The number of fused-ring (bicyclic) bond motifs is 3. The van der Waals surface area contributed by atoms with Crippen molar-refractivity contribution in [2.75, 3.05) is 0 Å². The third-order valence-electron chi connectivity index (χ3n) is 4.05. The zero-order valence-electron chi connectivity index (χ0n) is 11.9. The van der Waals surface area contributed by atoms with Gasteiger partial charge in [-0.2, -0.15) is 0 Å². The molecular formula is C17H13N3O2. The number of dihydropyridines is 1. The summed E-state index contributed by atoms with van der Waals surface area (Å²) in [7, 11) is 0. The van der Waals surface area contributed by atoms with Gasteiger partial charge in [-0.25, -0.2) is 4.79 Å². The lowest BCUT2D eigenvalue weighted by molar-refractivity contribution is -0.129. The Morgan fingerprint density at radius 3 is 2.64 bits per heavy atom. The van der Waals surface area contributed by atoms with Gasteiger partial charge in [0.25, 0.3) is 0 Å². The van der Waals surface area contributed by atoms with E-state index in [0.717, 1.165) is 34.4 Å². The van der Waals surface area contributed by atoms with E-state index in [1.54, 1.807) is 0 Å². The fraction of sp³-hybridized carbons (Fsp3) is 0.118. The van der Waals surface area contributed by atoms with Crippen LogP contribution in [0.3, 0.4) is 0 Å². The molecule has 1 aliphatic carbocycles. The maximum Gasteiger partial charge on any atom is 0.357 e. The Morgan fingerprint density at radius 2 is 1.95 bits per heavy atom. The standard InChI is InChI=1S/C17H13N3O2/c1-9-6-7-10(8-18-9)13-11-4-2-3-5-12(11)15-14(13)16(17(21)22)20-19-15/h2-6,8,18H,7H2,1H3,(H,21,22). The highest BCUT2D eigenvalue weighted by Crippen LogP contribution is 2.42. The average Bonchev–Trinajstić information content (AvgIpc) is 3.06. The van der Waals surface area contributed by atoms with Crippen molar-refractivity contribution in [2.24, 2.45) is 10.2 Å². The van der Waals surface area contributed by atoms with Crippen molar-refractivity contribution in [2.45, 2.75) is 13.3 Å². The van der Waals surface area contributed by atoms with Gasteiger partial charge in [0.05, 0.1) is 0 Å². The Labute approximate surface area is 127 Å². The zero-order valence-corrected chi connectivity index (χ0v) is 11.9. The molecule has 2 heterocycles. The Morgan fingerprint density at radius 1 is 1.18 bits per heavy atom. The summed E-state index contributed by atoms with van der Waals surface area (Å²) >= 11 is 0. The van der Waals surface area contributed by atoms with E-state index < -0.39 is 5.97 Å². The van der Waals surface area contributed by atoms with Crippen LogP contribution in [0.5, 0.6) is 0 Å². The van der Waals surface area contributed by atoms with E-state index in [9.17, 15) is 9.90 Å². The van der Waals surface area contributed by atoms with Crippen LogP contribution in [0.4, 0.5) is 0 Å². The number of carbonyl (C=O) groups is 1. The van der Waals surface area contributed by atoms with E-state index in [2.05, 4.69) is 21.6 Å². The van der Waals surface area contributed by atoms with Gasteiger partial charge in [-0.05, 0) is 30.1 Å². The predicted octanol–water partition coefficient (Wildman–Crippen LogP) is 2.48. The van der Waals surface area contributed by atoms with E-state index in [0.29, 0.717) is 11.3 Å². The van der Waals surface area contributed by atoms with Gasteiger partial charge in [0.15, 0.2) is 5.71 Å². The molecule has 0 unspecified atom stereocenters. The quantitative estimate of drug-likeness (QED) is 0.879. The molecule has 0 saturated carbocycles. The van der Waals surface area contributed by atoms with Crippen molar-refractivity contribution in [3.8, 4) is 0 Å². The summed E-state index contributed by atoms with van der Waals surface area (Å²) < 4.78 is 0. The number of carboxylic acid groups (broad SMARTS) is 1. The Hall–Kier alpha value is -2.95. The first kappa shape index (κ1) is 12.8. The molecule has 108 valence electrons. The smallest absolute Gasteiger partial charge is 0.357 e. The van der Waals surface area contributed by atoms with Gasteiger partial charge >= 0.3 is 5.97 Å². The van der Waals surface area contributed by atoms with Crippen LogP contribution < -0.4 is 5.32 Å². The summed E-state index contributed by atoms with van der Waals surface area (Å²) in [6, 6.07) is 7.85. The van der Waals surface area contributed by atoms with Crippen molar-refractivity contribution in [1.29, 1.82) is 0 Å². The molecule has 0 aromatic heterocycles. The minimum absolute atomic E-state index is 0.0216. The van der Waals surface area contributed by atoms with Crippen LogP contribution in [0.2, 0.25) is 0 Å². The minimum atomic E-state index is -1.05. The lowest BCUT2D eigenvalue weighted by Crippen LogP contribution is -2.17. The number of aliphatic carboxylic acids is 1. The first-order valence-corrected chi connectivity index (χ1v) is 7.03. The number of hydrogen-bond donors (Lipinski definition) is 2. The number of rotatable bonds is 2. The monoisotopic (exact) mass is 291 g/mol. The Balaban J connectivity index is 1.93. The molecule has 1 aromatic rings. The van der Waals surface area contributed by atoms with E-state index in [4.69, 9.17) is 0 Å². The third-order valence-corrected chi connectivity index (χ3v) is 4.05. The third kappa shape index (κ3) is 1.69. The highest BCUT2D eigenvalue weighted by molar-refractivity contribution is 6.56. The molecule has 1 aromatic carbocycles. The van der Waals surface area contributed by atoms with Crippen LogP contribution >= 0.6 is 0 Å². The first-order chi connectivity index (χ1) is 10.7. The Bertz CT molecular complexity index is 870. The number of hydrogen-bond acceptors (Lipinski definition) is 4.